The van der Waals surface area contributed by atoms with Gasteiger partial charge < -0.3 is 1.43 Å². The first-order valence-corrected chi connectivity index (χ1v) is 7.02. The third kappa shape index (κ3) is 5.93. The molecule has 0 fully saturated rings. The van der Waals surface area contributed by atoms with E-state index >= 15 is 0 Å². The summed E-state index contributed by atoms with van der Waals surface area (Å²) in [6.45, 7) is 2.14. The third-order valence-electron chi connectivity index (χ3n) is 1.94. The van der Waals surface area contributed by atoms with Crippen LogP contribution in [-0.4, -0.2) is 8.42 Å². The van der Waals surface area contributed by atoms with Gasteiger partial charge in [-0.1, -0.05) is 19.8 Å². The van der Waals surface area contributed by atoms with Crippen molar-refractivity contribution >= 4 is 21.4 Å². The van der Waals surface area contributed by atoms with E-state index in [1.807, 2.05) is 6.07 Å². The second-order valence-electron chi connectivity index (χ2n) is 3.22. The minimum absolute atomic E-state index is 0. The van der Waals surface area contributed by atoms with Crippen molar-refractivity contribution < 1.29 is 61.2 Å². The van der Waals surface area contributed by atoms with Crippen molar-refractivity contribution in [3.8, 4) is 0 Å². The fraction of sp³-hybridized carbons (Fsp3) is 0.556. The quantitative estimate of drug-likeness (QED) is 0.566. The Morgan fingerprint density at radius 3 is 2.53 bits per heavy atom. The molecule has 1 aromatic rings. The van der Waals surface area contributed by atoms with E-state index < -0.39 is 10.0 Å². The predicted molar refractivity (Wildman–Crippen MR) is 60.0 cm³/mol. The second kappa shape index (κ2) is 7.55. The molecule has 3 nitrogen and oxygen atoms in total. The van der Waals surface area contributed by atoms with Crippen LogP contribution in [0.15, 0.2) is 16.3 Å². The molecule has 0 radical (unpaired) electrons. The number of unbranched alkanes of at least 4 members (excludes halogenated alkanes) is 2. The number of aryl methyl sites for hydroxylation is 1. The maximum Gasteiger partial charge on any atom is 1.00 e. The molecule has 0 aromatic carbocycles. The molecular formula is C9H16KNO2S2. The molecule has 0 bridgehead atoms. The van der Waals surface area contributed by atoms with E-state index in [9.17, 15) is 8.42 Å². The van der Waals surface area contributed by atoms with Gasteiger partial charge in [0.25, 0.3) is 0 Å². The number of hydrogen-bond acceptors (Lipinski definition) is 3. The molecule has 0 aliphatic heterocycles. The number of nitrogens with two attached hydrogens (primary N) is 1. The molecule has 0 spiro atoms. The van der Waals surface area contributed by atoms with E-state index in [-0.39, 0.29) is 57.0 Å². The molecule has 2 N–H and O–H groups in total. The fourth-order valence-corrected chi connectivity index (χ4v) is 3.02. The van der Waals surface area contributed by atoms with Crippen LogP contribution in [0.5, 0.6) is 0 Å². The molecule has 15 heavy (non-hydrogen) atoms. The maximum absolute atomic E-state index is 11.0. The summed E-state index contributed by atoms with van der Waals surface area (Å²) in [4.78, 5) is 1.10. The molecule has 0 atom stereocenters. The summed E-state index contributed by atoms with van der Waals surface area (Å²) in [6.07, 6.45) is 4.42. The van der Waals surface area contributed by atoms with Crippen molar-refractivity contribution in [2.24, 2.45) is 5.14 Å². The number of hydrogen-bond donors (Lipinski definition) is 1. The zero-order chi connectivity index (χ0) is 10.6. The largest absolute Gasteiger partial charge is 1.00 e. The van der Waals surface area contributed by atoms with Crippen molar-refractivity contribution in [1.29, 1.82) is 0 Å². The Morgan fingerprint density at radius 2 is 2.07 bits per heavy atom. The van der Waals surface area contributed by atoms with Gasteiger partial charge in [-0.25, -0.2) is 13.6 Å². The van der Waals surface area contributed by atoms with Gasteiger partial charge in [-0.3, -0.25) is 0 Å². The van der Waals surface area contributed by atoms with E-state index in [1.165, 1.54) is 24.2 Å². The fourth-order valence-electron chi connectivity index (χ4n) is 1.19. The summed E-state index contributed by atoms with van der Waals surface area (Å²) in [6, 6.07) is 3.43. The van der Waals surface area contributed by atoms with Crippen molar-refractivity contribution in [2.45, 2.75) is 36.8 Å². The smallest absolute Gasteiger partial charge is 1.00 e. The Bertz CT molecular complexity index is 392. The van der Waals surface area contributed by atoms with E-state index in [0.29, 0.717) is 0 Å². The molecular weight excluding hydrogens is 257 g/mol. The van der Waals surface area contributed by atoms with Gasteiger partial charge in [-0.15, -0.1) is 11.3 Å². The van der Waals surface area contributed by atoms with Gasteiger partial charge in [0.2, 0.25) is 10.0 Å². The van der Waals surface area contributed by atoms with Gasteiger partial charge in [0, 0.05) is 4.88 Å². The van der Waals surface area contributed by atoms with E-state index in [1.54, 1.807) is 6.07 Å². The molecule has 0 amide bonds. The van der Waals surface area contributed by atoms with Gasteiger partial charge in [-0.2, -0.15) is 0 Å². The summed E-state index contributed by atoms with van der Waals surface area (Å²) in [5.41, 5.74) is 0. The van der Waals surface area contributed by atoms with E-state index in [0.717, 1.165) is 17.7 Å². The standard InChI is InChI=1S/C9H15NO2S2.K.H/c1-2-3-4-5-8-6-7-9(13-8)14(10,11)12;;/h6-7H,2-5H2,1H3,(H2,10,11,12);;/q;+1;-1. The van der Waals surface area contributed by atoms with Crippen LogP contribution < -0.4 is 56.5 Å². The van der Waals surface area contributed by atoms with Crippen molar-refractivity contribution in [2.75, 3.05) is 0 Å². The van der Waals surface area contributed by atoms with Crippen LogP contribution in [0, 0.1) is 0 Å². The van der Waals surface area contributed by atoms with Gasteiger partial charge in [0.1, 0.15) is 4.21 Å². The Kier molecular flexibility index (Phi) is 8.18. The molecule has 82 valence electrons. The SMILES string of the molecule is CCCCCc1ccc(S(N)(=O)=O)s1.[H-].[K+]. The van der Waals surface area contributed by atoms with Crippen LogP contribution in [0.25, 0.3) is 0 Å². The maximum atomic E-state index is 11.0. The average Bonchev–Trinajstić information content (AvgIpc) is 2.52. The van der Waals surface area contributed by atoms with Crippen LogP contribution in [0.4, 0.5) is 0 Å². The Balaban J connectivity index is 0. The van der Waals surface area contributed by atoms with Crippen molar-refractivity contribution in [3.63, 3.8) is 0 Å². The first kappa shape index (κ1) is 16.2. The summed E-state index contributed by atoms with van der Waals surface area (Å²) < 4.78 is 22.2. The van der Waals surface area contributed by atoms with Gasteiger partial charge in [0.15, 0.2) is 0 Å². The summed E-state index contributed by atoms with van der Waals surface area (Å²) >= 11 is 1.28. The molecule has 0 aliphatic rings. The molecule has 0 unspecified atom stereocenters. The molecule has 0 saturated heterocycles. The van der Waals surface area contributed by atoms with E-state index in [4.69, 9.17) is 5.14 Å². The second-order valence-corrected chi connectivity index (χ2v) is 6.18. The van der Waals surface area contributed by atoms with Gasteiger partial charge in [-0.05, 0) is 25.0 Å². The summed E-state index contributed by atoms with van der Waals surface area (Å²) in [7, 11) is -3.49. The van der Waals surface area contributed by atoms with Crippen molar-refractivity contribution in [1.82, 2.24) is 0 Å². The van der Waals surface area contributed by atoms with E-state index in [2.05, 4.69) is 6.92 Å². The Labute approximate surface area is 139 Å². The number of thiophene rings is 1. The third-order valence-corrected chi connectivity index (χ3v) is 4.53. The average molecular weight is 273 g/mol. The normalized spacial score (nSPS) is 11.1. The van der Waals surface area contributed by atoms with Crippen LogP contribution in [-0.2, 0) is 16.4 Å². The van der Waals surface area contributed by atoms with Crippen LogP contribution in [0.2, 0.25) is 0 Å². The first-order chi connectivity index (χ1) is 6.54. The molecule has 1 heterocycles. The molecule has 0 aliphatic carbocycles. The number of rotatable bonds is 5. The minimum Gasteiger partial charge on any atom is -1.00 e. The van der Waals surface area contributed by atoms with Crippen LogP contribution in [0.3, 0.4) is 0 Å². The summed E-state index contributed by atoms with van der Waals surface area (Å²) in [5.74, 6) is 0. The van der Waals surface area contributed by atoms with Gasteiger partial charge in [0.05, 0.1) is 0 Å². The van der Waals surface area contributed by atoms with Crippen molar-refractivity contribution in [3.05, 3.63) is 17.0 Å². The zero-order valence-electron chi connectivity index (χ0n) is 10.2. The Morgan fingerprint density at radius 1 is 1.40 bits per heavy atom. The number of sulfonamides is 1. The first-order valence-electron chi connectivity index (χ1n) is 4.65. The minimum atomic E-state index is -3.49. The monoisotopic (exact) mass is 273 g/mol. The molecule has 1 aromatic heterocycles. The summed E-state index contributed by atoms with van der Waals surface area (Å²) in [5, 5.41) is 5.01. The zero-order valence-corrected chi connectivity index (χ0v) is 13.9. The van der Waals surface area contributed by atoms with Crippen LogP contribution in [0.1, 0.15) is 32.5 Å². The van der Waals surface area contributed by atoms with Crippen LogP contribution >= 0.6 is 11.3 Å². The van der Waals surface area contributed by atoms with Gasteiger partial charge >= 0.3 is 51.4 Å². The molecule has 6 heteroatoms. The molecule has 1 rings (SSSR count). The predicted octanol–water partition coefficient (Wildman–Crippen LogP) is -0.755. The topological polar surface area (TPSA) is 60.2 Å². The Hall–Kier alpha value is 1.25. The number of primary sulfonamides is 1. The molecule has 0 saturated carbocycles.